The van der Waals surface area contributed by atoms with Gasteiger partial charge in [-0.2, -0.15) is 5.10 Å². The first-order chi connectivity index (χ1) is 9.15. The monoisotopic (exact) mass is 258 g/mol. The predicted octanol–water partition coefficient (Wildman–Crippen LogP) is 1.65. The fourth-order valence-electron chi connectivity index (χ4n) is 2.41. The Bertz CT molecular complexity index is 646. The van der Waals surface area contributed by atoms with Crippen LogP contribution in [-0.4, -0.2) is 27.5 Å². The van der Waals surface area contributed by atoms with E-state index in [0.29, 0.717) is 12.3 Å². The molecule has 1 N–H and O–H groups in total. The lowest BCUT2D eigenvalue weighted by atomic mass is 10.0. The molecule has 0 fully saturated rings. The molecule has 98 valence electrons. The zero-order valence-electron chi connectivity index (χ0n) is 10.6. The van der Waals surface area contributed by atoms with Gasteiger partial charge in [0.15, 0.2) is 0 Å². The van der Waals surface area contributed by atoms with Crippen LogP contribution >= 0.6 is 0 Å². The highest BCUT2D eigenvalue weighted by atomic mass is 16.5. The lowest BCUT2D eigenvalue weighted by Crippen LogP contribution is -2.07. The van der Waals surface area contributed by atoms with Crippen LogP contribution in [-0.2, 0) is 24.7 Å². The molecule has 5 heteroatoms. The molecule has 0 spiro atoms. The number of carbonyl (C=O) groups is 1. The first kappa shape index (κ1) is 11.8. The van der Waals surface area contributed by atoms with Crippen molar-refractivity contribution in [3.63, 3.8) is 0 Å². The van der Waals surface area contributed by atoms with Crippen molar-refractivity contribution in [2.45, 2.75) is 12.8 Å². The summed E-state index contributed by atoms with van der Waals surface area (Å²) in [5.41, 5.74) is 3.75. The van der Waals surface area contributed by atoms with Crippen LogP contribution in [0, 0.1) is 0 Å². The summed E-state index contributed by atoms with van der Waals surface area (Å²) in [6, 6.07) is 5.95. The van der Waals surface area contributed by atoms with E-state index in [-0.39, 0.29) is 6.42 Å². The summed E-state index contributed by atoms with van der Waals surface area (Å²) in [5, 5.41) is 13.1. The third-order valence-corrected chi connectivity index (χ3v) is 3.38. The van der Waals surface area contributed by atoms with Crippen molar-refractivity contribution in [1.82, 2.24) is 9.78 Å². The zero-order valence-corrected chi connectivity index (χ0v) is 10.6. The Morgan fingerprint density at radius 2 is 2.37 bits per heavy atom. The second kappa shape index (κ2) is 4.42. The number of rotatable bonds is 3. The van der Waals surface area contributed by atoms with Crippen LogP contribution in [0.3, 0.4) is 0 Å². The number of aromatic nitrogens is 2. The van der Waals surface area contributed by atoms with E-state index in [2.05, 4.69) is 11.2 Å². The summed E-state index contributed by atoms with van der Waals surface area (Å²) < 4.78 is 7.09. The largest absolute Gasteiger partial charge is 0.493 e. The number of aliphatic carboxylic acids is 1. The van der Waals surface area contributed by atoms with Gasteiger partial charge in [0.05, 0.1) is 24.9 Å². The number of benzene rings is 1. The number of nitrogens with zero attached hydrogens (tertiary/aromatic N) is 2. The van der Waals surface area contributed by atoms with Gasteiger partial charge in [-0.25, -0.2) is 0 Å². The molecule has 2 heterocycles. The van der Waals surface area contributed by atoms with Crippen LogP contribution in [0.4, 0.5) is 0 Å². The first-order valence-electron chi connectivity index (χ1n) is 6.14. The minimum Gasteiger partial charge on any atom is -0.493 e. The van der Waals surface area contributed by atoms with Crippen LogP contribution in [0.25, 0.3) is 11.1 Å². The first-order valence-corrected chi connectivity index (χ1v) is 6.14. The maximum Gasteiger partial charge on any atom is 0.309 e. The van der Waals surface area contributed by atoms with Gasteiger partial charge in [-0.3, -0.25) is 9.48 Å². The summed E-state index contributed by atoms with van der Waals surface area (Å²) in [5.74, 6) is 0.0711. The number of hydrogen-bond donors (Lipinski definition) is 1. The number of ether oxygens (including phenoxy) is 1. The number of carboxylic acid groups (broad SMARTS) is 1. The fraction of sp³-hybridized carbons (Fsp3) is 0.286. The molecule has 0 radical (unpaired) electrons. The Kier molecular flexibility index (Phi) is 2.74. The minimum absolute atomic E-state index is 0.0284. The number of carboxylic acids is 1. The van der Waals surface area contributed by atoms with E-state index < -0.39 is 5.97 Å². The fourth-order valence-corrected chi connectivity index (χ4v) is 2.41. The standard InChI is InChI=1S/C14H14N2O3/c1-16-12(7-14(17)18)11(8-15-16)9-2-3-13-10(6-9)4-5-19-13/h2-3,6,8H,4-5,7H2,1H3,(H,17,18). The van der Waals surface area contributed by atoms with Gasteiger partial charge >= 0.3 is 5.97 Å². The lowest BCUT2D eigenvalue weighted by molar-refractivity contribution is -0.136. The smallest absolute Gasteiger partial charge is 0.309 e. The molecular formula is C14H14N2O3. The molecule has 5 nitrogen and oxygen atoms in total. The van der Waals surface area contributed by atoms with Crippen molar-refractivity contribution >= 4 is 5.97 Å². The van der Waals surface area contributed by atoms with Crippen molar-refractivity contribution in [1.29, 1.82) is 0 Å². The van der Waals surface area contributed by atoms with Crippen molar-refractivity contribution in [2.24, 2.45) is 7.05 Å². The molecule has 19 heavy (non-hydrogen) atoms. The van der Waals surface area contributed by atoms with E-state index >= 15 is 0 Å². The summed E-state index contributed by atoms with van der Waals surface area (Å²) in [6.45, 7) is 0.716. The van der Waals surface area contributed by atoms with E-state index in [1.54, 1.807) is 17.9 Å². The van der Waals surface area contributed by atoms with E-state index in [1.165, 1.54) is 5.56 Å². The van der Waals surface area contributed by atoms with Gasteiger partial charge in [0.2, 0.25) is 0 Å². The van der Waals surface area contributed by atoms with Crippen molar-refractivity contribution < 1.29 is 14.6 Å². The molecule has 0 aliphatic carbocycles. The Balaban J connectivity index is 2.04. The molecular weight excluding hydrogens is 244 g/mol. The SMILES string of the molecule is Cn1ncc(-c2ccc3c(c2)CCO3)c1CC(=O)O. The average molecular weight is 258 g/mol. The van der Waals surface area contributed by atoms with Gasteiger partial charge in [-0.15, -0.1) is 0 Å². The number of hydrogen-bond acceptors (Lipinski definition) is 3. The summed E-state index contributed by atoms with van der Waals surface area (Å²) in [4.78, 5) is 10.9. The van der Waals surface area contributed by atoms with Crippen molar-refractivity contribution in [3.8, 4) is 16.9 Å². The molecule has 0 atom stereocenters. The number of aryl methyl sites for hydroxylation is 1. The van der Waals surface area contributed by atoms with Gasteiger partial charge < -0.3 is 9.84 Å². The highest BCUT2D eigenvalue weighted by molar-refractivity contribution is 5.76. The average Bonchev–Trinajstić information content (AvgIpc) is 2.96. The van der Waals surface area contributed by atoms with Crippen molar-refractivity contribution in [2.75, 3.05) is 6.61 Å². The van der Waals surface area contributed by atoms with E-state index in [9.17, 15) is 4.79 Å². The molecule has 0 saturated heterocycles. The maximum absolute atomic E-state index is 10.9. The Morgan fingerprint density at radius 1 is 1.53 bits per heavy atom. The highest BCUT2D eigenvalue weighted by Gasteiger charge is 2.17. The highest BCUT2D eigenvalue weighted by Crippen LogP contribution is 2.31. The van der Waals surface area contributed by atoms with Crippen LogP contribution in [0.5, 0.6) is 5.75 Å². The number of fused-ring (bicyclic) bond motifs is 1. The minimum atomic E-state index is -0.852. The van der Waals surface area contributed by atoms with Crippen LogP contribution in [0.1, 0.15) is 11.3 Å². The normalized spacial score (nSPS) is 13.1. The molecule has 0 amide bonds. The molecule has 0 saturated carbocycles. The van der Waals surface area contributed by atoms with Gasteiger partial charge in [-0.05, 0) is 23.3 Å². The van der Waals surface area contributed by atoms with Crippen LogP contribution in [0.2, 0.25) is 0 Å². The molecule has 1 aromatic heterocycles. The quantitative estimate of drug-likeness (QED) is 0.909. The summed E-state index contributed by atoms with van der Waals surface area (Å²) in [6.07, 6.45) is 2.59. The third-order valence-electron chi connectivity index (χ3n) is 3.38. The van der Waals surface area contributed by atoms with E-state index in [0.717, 1.165) is 23.3 Å². The topological polar surface area (TPSA) is 64.4 Å². The van der Waals surface area contributed by atoms with E-state index in [1.807, 2.05) is 12.1 Å². The summed E-state index contributed by atoms with van der Waals surface area (Å²) >= 11 is 0. The second-order valence-electron chi connectivity index (χ2n) is 4.62. The molecule has 1 aliphatic rings. The molecule has 3 rings (SSSR count). The molecule has 0 bridgehead atoms. The Morgan fingerprint density at radius 3 is 3.16 bits per heavy atom. The second-order valence-corrected chi connectivity index (χ2v) is 4.62. The van der Waals surface area contributed by atoms with Crippen LogP contribution in [0.15, 0.2) is 24.4 Å². The third kappa shape index (κ3) is 2.07. The molecule has 0 unspecified atom stereocenters. The lowest BCUT2D eigenvalue weighted by Gasteiger charge is -2.06. The molecule has 1 aromatic carbocycles. The maximum atomic E-state index is 10.9. The Hall–Kier alpha value is -2.30. The van der Waals surface area contributed by atoms with Gasteiger partial charge in [-0.1, -0.05) is 6.07 Å². The van der Waals surface area contributed by atoms with Gasteiger partial charge in [0.25, 0.3) is 0 Å². The zero-order chi connectivity index (χ0) is 13.4. The van der Waals surface area contributed by atoms with Crippen molar-refractivity contribution in [3.05, 3.63) is 35.7 Å². The van der Waals surface area contributed by atoms with Gasteiger partial charge in [0, 0.05) is 19.0 Å². The predicted molar refractivity (Wildman–Crippen MR) is 69.2 cm³/mol. The Labute approximate surface area is 110 Å². The van der Waals surface area contributed by atoms with Crippen LogP contribution < -0.4 is 4.74 Å². The molecule has 2 aromatic rings. The van der Waals surface area contributed by atoms with Gasteiger partial charge in [0.1, 0.15) is 5.75 Å². The molecule has 1 aliphatic heterocycles. The van der Waals surface area contributed by atoms with E-state index in [4.69, 9.17) is 9.84 Å². The summed E-state index contributed by atoms with van der Waals surface area (Å²) in [7, 11) is 1.76.